The molecule has 2 aromatic carbocycles. The highest BCUT2D eigenvalue weighted by Crippen LogP contribution is 2.17. The molecule has 2 rings (SSSR count). The highest BCUT2D eigenvalue weighted by molar-refractivity contribution is 6.30. The third-order valence-electron chi connectivity index (χ3n) is 2.70. The number of halogens is 1. The summed E-state index contributed by atoms with van der Waals surface area (Å²) in [7, 11) is 1.57. The highest BCUT2D eigenvalue weighted by atomic mass is 35.5. The van der Waals surface area contributed by atoms with Crippen LogP contribution in [0.15, 0.2) is 53.6 Å². The summed E-state index contributed by atoms with van der Waals surface area (Å²) in [5, 5.41) is 4.42. The van der Waals surface area contributed by atoms with E-state index in [-0.39, 0.29) is 12.5 Å². The van der Waals surface area contributed by atoms with Gasteiger partial charge in [-0.2, -0.15) is 5.10 Å². The fourth-order valence-electron chi connectivity index (χ4n) is 1.68. The molecular formula is C16H15ClN2O3. The maximum absolute atomic E-state index is 11.6. The van der Waals surface area contributed by atoms with E-state index < -0.39 is 0 Å². The van der Waals surface area contributed by atoms with Crippen LogP contribution in [0, 0.1) is 0 Å². The summed E-state index contributed by atoms with van der Waals surface area (Å²) in [5.41, 5.74) is 3.15. The quantitative estimate of drug-likeness (QED) is 0.658. The zero-order valence-corrected chi connectivity index (χ0v) is 12.7. The Morgan fingerprint density at radius 2 is 2.09 bits per heavy atom. The van der Waals surface area contributed by atoms with Crippen LogP contribution < -0.4 is 14.9 Å². The lowest BCUT2D eigenvalue weighted by molar-refractivity contribution is -0.123. The molecule has 0 aliphatic carbocycles. The number of hydrazone groups is 1. The van der Waals surface area contributed by atoms with Gasteiger partial charge in [0.05, 0.1) is 13.3 Å². The second kappa shape index (κ2) is 8.05. The first-order chi connectivity index (χ1) is 10.7. The number of carbonyl (C=O) groups excluding carboxylic acids is 1. The van der Waals surface area contributed by atoms with Crippen molar-refractivity contribution in [2.45, 2.75) is 0 Å². The Hall–Kier alpha value is -2.53. The van der Waals surface area contributed by atoms with E-state index >= 15 is 0 Å². The van der Waals surface area contributed by atoms with Gasteiger partial charge in [0.2, 0.25) is 0 Å². The molecule has 0 aromatic heterocycles. The Kier molecular flexibility index (Phi) is 5.80. The number of benzene rings is 2. The first-order valence-electron chi connectivity index (χ1n) is 6.52. The maximum Gasteiger partial charge on any atom is 0.277 e. The summed E-state index contributed by atoms with van der Waals surface area (Å²) in [6.07, 6.45) is 1.51. The minimum absolute atomic E-state index is 0.149. The van der Waals surface area contributed by atoms with Crippen LogP contribution in [0.5, 0.6) is 11.5 Å². The minimum Gasteiger partial charge on any atom is -0.496 e. The number of rotatable bonds is 6. The predicted molar refractivity (Wildman–Crippen MR) is 85.7 cm³/mol. The molecule has 0 radical (unpaired) electrons. The number of methoxy groups -OCH3 is 1. The van der Waals surface area contributed by atoms with Gasteiger partial charge in [0.1, 0.15) is 11.5 Å². The molecule has 1 N–H and O–H groups in total. The summed E-state index contributed by atoms with van der Waals surface area (Å²) >= 11 is 5.82. The lowest BCUT2D eigenvalue weighted by Gasteiger charge is -2.05. The van der Waals surface area contributed by atoms with Crippen molar-refractivity contribution < 1.29 is 14.3 Å². The van der Waals surface area contributed by atoms with E-state index in [0.29, 0.717) is 16.5 Å². The Balaban J connectivity index is 1.83. The normalized spacial score (nSPS) is 10.5. The van der Waals surface area contributed by atoms with Crippen LogP contribution in [0.4, 0.5) is 0 Å². The van der Waals surface area contributed by atoms with Gasteiger partial charge in [-0.05, 0) is 30.3 Å². The molecule has 0 fully saturated rings. The van der Waals surface area contributed by atoms with Crippen LogP contribution in [-0.2, 0) is 4.79 Å². The van der Waals surface area contributed by atoms with Gasteiger partial charge in [-0.1, -0.05) is 29.8 Å². The van der Waals surface area contributed by atoms with E-state index in [4.69, 9.17) is 21.1 Å². The molecule has 5 nitrogen and oxygen atoms in total. The summed E-state index contributed by atoms with van der Waals surface area (Å²) in [5.74, 6) is 0.832. The van der Waals surface area contributed by atoms with Crippen LogP contribution in [0.1, 0.15) is 5.56 Å². The van der Waals surface area contributed by atoms with E-state index in [0.717, 1.165) is 5.56 Å². The Bertz CT molecular complexity index is 674. The van der Waals surface area contributed by atoms with Crippen molar-refractivity contribution in [3.05, 3.63) is 59.1 Å². The van der Waals surface area contributed by atoms with Crippen LogP contribution in [-0.4, -0.2) is 25.8 Å². The van der Waals surface area contributed by atoms with Gasteiger partial charge in [-0.3, -0.25) is 4.79 Å². The fraction of sp³-hybridized carbons (Fsp3) is 0.125. The number of para-hydroxylation sites is 1. The summed E-state index contributed by atoms with van der Waals surface area (Å²) in [6, 6.07) is 14.2. The number of hydrogen-bond acceptors (Lipinski definition) is 4. The number of amides is 1. The zero-order chi connectivity index (χ0) is 15.8. The lowest BCUT2D eigenvalue weighted by Crippen LogP contribution is -2.24. The van der Waals surface area contributed by atoms with Crippen molar-refractivity contribution in [1.82, 2.24) is 5.43 Å². The zero-order valence-electron chi connectivity index (χ0n) is 12.0. The molecule has 114 valence electrons. The predicted octanol–water partition coefficient (Wildman–Crippen LogP) is 2.88. The summed E-state index contributed by atoms with van der Waals surface area (Å²) < 4.78 is 10.5. The highest BCUT2D eigenvalue weighted by Gasteiger charge is 2.02. The van der Waals surface area contributed by atoms with Crippen molar-refractivity contribution >= 4 is 23.7 Å². The molecule has 0 saturated carbocycles. The van der Waals surface area contributed by atoms with Crippen LogP contribution >= 0.6 is 11.6 Å². The van der Waals surface area contributed by atoms with Gasteiger partial charge < -0.3 is 9.47 Å². The van der Waals surface area contributed by atoms with Gasteiger partial charge in [0.15, 0.2) is 6.61 Å². The first-order valence-corrected chi connectivity index (χ1v) is 6.90. The van der Waals surface area contributed by atoms with Gasteiger partial charge in [-0.15, -0.1) is 0 Å². The van der Waals surface area contributed by atoms with E-state index in [9.17, 15) is 4.79 Å². The Morgan fingerprint density at radius 3 is 2.86 bits per heavy atom. The van der Waals surface area contributed by atoms with Crippen LogP contribution in [0.25, 0.3) is 0 Å². The molecule has 0 unspecified atom stereocenters. The monoisotopic (exact) mass is 318 g/mol. The third kappa shape index (κ3) is 4.79. The topological polar surface area (TPSA) is 59.9 Å². The molecule has 6 heteroatoms. The summed E-state index contributed by atoms with van der Waals surface area (Å²) in [4.78, 5) is 11.6. The number of nitrogens with zero attached hydrogens (tertiary/aromatic N) is 1. The van der Waals surface area contributed by atoms with Crippen LogP contribution in [0.3, 0.4) is 0 Å². The van der Waals surface area contributed by atoms with E-state index in [1.165, 1.54) is 6.21 Å². The van der Waals surface area contributed by atoms with Gasteiger partial charge >= 0.3 is 0 Å². The molecule has 0 atom stereocenters. The second-order valence-corrected chi connectivity index (χ2v) is 4.72. The molecule has 2 aromatic rings. The standard InChI is InChI=1S/C16H15ClN2O3/c1-21-15-8-3-2-5-12(15)10-18-19-16(20)11-22-14-7-4-6-13(17)9-14/h2-10H,11H2,1H3,(H,19,20)/b18-10+. The summed E-state index contributed by atoms with van der Waals surface area (Å²) in [6.45, 7) is -0.149. The molecule has 0 aliphatic rings. The number of carbonyl (C=O) groups is 1. The second-order valence-electron chi connectivity index (χ2n) is 4.28. The fourth-order valence-corrected chi connectivity index (χ4v) is 1.87. The Labute approximate surface area is 133 Å². The molecule has 0 aliphatic heterocycles. The van der Waals surface area contributed by atoms with E-state index in [1.54, 1.807) is 31.4 Å². The third-order valence-corrected chi connectivity index (χ3v) is 2.93. The average molecular weight is 319 g/mol. The number of ether oxygens (including phenoxy) is 2. The molecule has 0 spiro atoms. The number of hydrogen-bond donors (Lipinski definition) is 1. The maximum atomic E-state index is 11.6. The van der Waals surface area contributed by atoms with Gasteiger partial charge in [0, 0.05) is 10.6 Å². The van der Waals surface area contributed by atoms with Crippen molar-refractivity contribution in [1.29, 1.82) is 0 Å². The van der Waals surface area contributed by atoms with Crippen molar-refractivity contribution in [2.75, 3.05) is 13.7 Å². The molecular weight excluding hydrogens is 304 g/mol. The van der Waals surface area contributed by atoms with Gasteiger partial charge in [0.25, 0.3) is 5.91 Å². The molecule has 0 heterocycles. The van der Waals surface area contributed by atoms with Crippen molar-refractivity contribution in [3.63, 3.8) is 0 Å². The average Bonchev–Trinajstić information content (AvgIpc) is 2.53. The molecule has 1 amide bonds. The molecule has 0 bridgehead atoms. The SMILES string of the molecule is COc1ccccc1/C=N/NC(=O)COc1cccc(Cl)c1. The van der Waals surface area contributed by atoms with Crippen LogP contribution in [0.2, 0.25) is 5.02 Å². The van der Waals surface area contributed by atoms with E-state index in [1.807, 2.05) is 24.3 Å². The lowest BCUT2D eigenvalue weighted by atomic mass is 10.2. The number of nitrogens with one attached hydrogen (secondary N) is 1. The smallest absolute Gasteiger partial charge is 0.277 e. The van der Waals surface area contributed by atoms with Gasteiger partial charge in [-0.25, -0.2) is 5.43 Å². The Morgan fingerprint density at radius 1 is 1.27 bits per heavy atom. The molecule has 0 saturated heterocycles. The van der Waals surface area contributed by atoms with E-state index in [2.05, 4.69) is 10.5 Å². The minimum atomic E-state index is -0.369. The van der Waals surface area contributed by atoms with Crippen molar-refractivity contribution in [3.8, 4) is 11.5 Å². The van der Waals surface area contributed by atoms with Crippen molar-refractivity contribution in [2.24, 2.45) is 5.10 Å². The largest absolute Gasteiger partial charge is 0.496 e. The first kappa shape index (κ1) is 15.9. The molecule has 22 heavy (non-hydrogen) atoms.